The Bertz CT molecular complexity index is 617. The molecule has 0 spiro atoms. The number of amides is 1. The van der Waals surface area contributed by atoms with Gasteiger partial charge in [0.1, 0.15) is 0 Å². The van der Waals surface area contributed by atoms with E-state index in [9.17, 15) is 4.79 Å². The smallest absolute Gasteiger partial charge is 0.226 e. The molecule has 132 valence electrons. The second-order valence-corrected chi connectivity index (χ2v) is 7.88. The van der Waals surface area contributed by atoms with Crippen LogP contribution in [0.1, 0.15) is 38.2 Å². The van der Waals surface area contributed by atoms with E-state index in [1.54, 1.807) is 6.07 Å². The van der Waals surface area contributed by atoms with Gasteiger partial charge >= 0.3 is 0 Å². The third kappa shape index (κ3) is 3.81. The van der Waals surface area contributed by atoms with Crippen LogP contribution in [-0.2, 0) is 11.3 Å². The molecule has 1 amide bonds. The third-order valence-corrected chi connectivity index (χ3v) is 5.91. The zero-order chi connectivity index (χ0) is 17.3. The Hall–Kier alpha value is -0.970. The van der Waals surface area contributed by atoms with E-state index < -0.39 is 0 Å². The summed E-state index contributed by atoms with van der Waals surface area (Å²) in [7, 11) is 0. The molecule has 1 aliphatic heterocycles. The van der Waals surface area contributed by atoms with Crippen LogP contribution >= 0.6 is 23.2 Å². The summed E-state index contributed by atoms with van der Waals surface area (Å²) < 4.78 is 0. The lowest BCUT2D eigenvalue weighted by molar-refractivity contribution is -0.140. The molecule has 2 aliphatic rings. The molecule has 1 aliphatic carbocycles. The summed E-state index contributed by atoms with van der Waals surface area (Å²) in [6, 6.07) is 3.78. The second-order valence-electron chi connectivity index (χ2n) is 7.07. The summed E-state index contributed by atoms with van der Waals surface area (Å²) in [6.45, 7) is 5.32. The molecule has 24 heavy (non-hydrogen) atoms. The minimum absolute atomic E-state index is 0.224. The number of benzene rings is 1. The van der Waals surface area contributed by atoms with Gasteiger partial charge < -0.3 is 10.6 Å². The predicted octanol–water partition coefficient (Wildman–Crippen LogP) is 3.80. The average Bonchev–Trinajstić information content (AvgIpc) is 3.06. The van der Waals surface area contributed by atoms with Crippen LogP contribution in [0.3, 0.4) is 0 Å². The topological polar surface area (TPSA) is 49.6 Å². The van der Waals surface area contributed by atoms with Gasteiger partial charge in [-0.1, -0.05) is 36.0 Å². The van der Waals surface area contributed by atoms with Crippen molar-refractivity contribution in [1.82, 2.24) is 9.80 Å². The van der Waals surface area contributed by atoms with E-state index in [4.69, 9.17) is 28.9 Å². The molecule has 1 aromatic rings. The predicted molar refractivity (Wildman–Crippen MR) is 99.3 cm³/mol. The van der Waals surface area contributed by atoms with Gasteiger partial charge in [-0.2, -0.15) is 0 Å². The maximum atomic E-state index is 12.7. The lowest BCUT2D eigenvalue weighted by Gasteiger charge is -2.41. The summed E-state index contributed by atoms with van der Waals surface area (Å²) in [6.07, 6.45) is 4.51. The van der Waals surface area contributed by atoms with Crippen molar-refractivity contribution < 1.29 is 4.79 Å². The van der Waals surface area contributed by atoms with E-state index in [0.29, 0.717) is 28.2 Å². The molecule has 0 bridgehead atoms. The molecular weight excluding hydrogens is 345 g/mol. The van der Waals surface area contributed by atoms with Crippen LogP contribution in [0.5, 0.6) is 0 Å². The highest BCUT2D eigenvalue weighted by Gasteiger charge is 2.33. The summed E-state index contributed by atoms with van der Waals surface area (Å²) in [5, 5.41) is 1.19. The Morgan fingerprint density at radius 1 is 1.25 bits per heavy atom. The zero-order valence-electron chi connectivity index (χ0n) is 14.1. The summed E-state index contributed by atoms with van der Waals surface area (Å²) in [5.41, 5.74) is 7.36. The molecule has 1 unspecified atom stereocenters. The van der Waals surface area contributed by atoms with Gasteiger partial charge in [-0.3, -0.25) is 9.69 Å². The number of nitrogen functional groups attached to an aromatic ring is 1. The molecular formula is C18H25Cl2N3O. The van der Waals surface area contributed by atoms with E-state index >= 15 is 0 Å². The van der Waals surface area contributed by atoms with Crippen molar-refractivity contribution in [2.24, 2.45) is 5.92 Å². The average molecular weight is 370 g/mol. The van der Waals surface area contributed by atoms with Crippen molar-refractivity contribution >= 4 is 34.8 Å². The van der Waals surface area contributed by atoms with Crippen LogP contribution in [0.4, 0.5) is 5.69 Å². The molecule has 0 radical (unpaired) electrons. The number of nitrogens with zero attached hydrogens (tertiary/aromatic N) is 2. The Morgan fingerprint density at radius 3 is 2.62 bits per heavy atom. The standard InChI is InChI=1S/C18H25Cl2N3O/c1-12-10-22(11-14-8-15(19)9-16(21)17(14)20)6-7-23(12)18(24)13-4-2-3-5-13/h8-9,12-13H,2-7,10-11,21H2,1H3. The monoisotopic (exact) mass is 369 g/mol. The van der Waals surface area contributed by atoms with Crippen LogP contribution in [-0.4, -0.2) is 41.4 Å². The van der Waals surface area contributed by atoms with Crippen molar-refractivity contribution in [2.75, 3.05) is 25.4 Å². The molecule has 2 fully saturated rings. The van der Waals surface area contributed by atoms with Crippen molar-refractivity contribution in [1.29, 1.82) is 0 Å². The van der Waals surface area contributed by atoms with Crippen LogP contribution in [0.15, 0.2) is 12.1 Å². The number of halogens is 2. The molecule has 1 saturated carbocycles. The van der Waals surface area contributed by atoms with Crippen LogP contribution in [0, 0.1) is 5.92 Å². The van der Waals surface area contributed by atoms with Gasteiger partial charge in [-0.25, -0.2) is 0 Å². The van der Waals surface area contributed by atoms with E-state index in [1.165, 1.54) is 12.8 Å². The van der Waals surface area contributed by atoms with Gasteiger partial charge in [0.25, 0.3) is 0 Å². The molecule has 1 heterocycles. The number of carbonyl (C=O) groups is 1. The number of carbonyl (C=O) groups excluding carboxylic acids is 1. The largest absolute Gasteiger partial charge is 0.397 e. The molecule has 4 nitrogen and oxygen atoms in total. The first-order valence-electron chi connectivity index (χ1n) is 8.72. The number of anilines is 1. The highest BCUT2D eigenvalue weighted by atomic mass is 35.5. The summed E-state index contributed by atoms with van der Waals surface area (Å²) >= 11 is 12.4. The third-order valence-electron chi connectivity index (χ3n) is 5.23. The van der Waals surface area contributed by atoms with E-state index in [0.717, 1.165) is 38.0 Å². The van der Waals surface area contributed by atoms with Crippen molar-refractivity contribution in [2.45, 2.75) is 45.2 Å². The number of piperazine rings is 1. The first-order valence-corrected chi connectivity index (χ1v) is 9.47. The van der Waals surface area contributed by atoms with E-state index in [-0.39, 0.29) is 12.0 Å². The first kappa shape index (κ1) is 17.8. The summed E-state index contributed by atoms with van der Waals surface area (Å²) in [4.78, 5) is 17.1. The number of rotatable bonds is 3. The van der Waals surface area contributed by atoms with Gasteiger partial charge in [-0.15, -0.1) is 0 Å². The van der Waals surface area contributed by atoms with Crippen LogP contribution in [0.2, 0.25) is 10.0 Å². The number of hydrogen-bond donors (Lipinski definition) is 1. The van der Waals surface area contributed by atoms with Crippen LogP contribution < -0.4 is 5.73 Å². The Balaban J connectivity index is 1.62. The van der Waals surface area contributed by atoms with E-state index in [2.05, 4.69) is 16.7 Å². The fraction of sp³-hybridized carbons (Fsp3) is 0.611. The lowest BCUT2D eigenvalue weighted by atomic mass is 10.0. The SMILES string of the molecule is CC1CN(Cc2cc(Cl)cc(N)c2Cl)CCN1C(=O)C1CCCC1. The van der Waals surface area contributed by atoms with Crippen molar-refractivity contribution in [3.8, 4) is 0 Å². The van der Waals surface area contributed by atoms with Gasteiger partial charge in [-0.05, 0) is 37.5 Å². The highest BCUT2D eigenvalue weighted by molar-refractivity contribution is 6.35. The maximum Gasteiger partial charge on any atom is 0.226 e. The van der Waals surface area contributed by atoms with Gasteiger partial charge in [0, 0.05) is 43.2 Å². The molecule has 0 aromatic heterocycles. The van der Waals surface area contributed by atoms with Gasteiger partial charge in [0.05, 0.1) is 10.7 Å². The molecule has 1 aromatic carbocycles. The first-order chi connectivity index (χ1) is 11.5. The lowest BCUT2D eigenvalue weighted by Crippen LogP contribution is -2.54. The number of nitrogens with two attached hydrogens (primary N) is 1. The molecule has 6 heteroatoms. The highest BCUT2D eigenvalue weighted by Crippen LogP contribution is 2.30. The minimum Gasteiger partial charge on any atom is -0.397 e. The minimum atomic E-state index is 0.224. The normalized spacial score (nSPS) is 23.0. The van der Waals surface area contributed by atoms with Gasteiger partial charge in [0.2, 0.25) is 5.91 Å². The van der Waals surface area contributed by atoms with Crippen LogP contribution in [0.25, 0.3) is 0 Å². The Kier molecular flexibility index (Phi) is 5.58. The second kappa shape index (κ2) is 7.51. The maximum absolute atomic E-state index is 12.7. The van der Waals surface area contributed by atoms with Crippen molar-refractivity contribution in [3.05, 3.63) is 27.7 Å². The fourth-order valence-electron chi connectivity index (χ4n) is 3.94. The Morgan fingerprint density at radius 2 is 1.96 bits per heavy atom. The van der Waals surface area contributed by atoms with Crippen molar-refractivity contribution in [3.63, 3.8) is 0 Å². The molecule has 2 N–H and O–H groups in total. The molecule has 1 atom stereocenters. The zero-order valence-corrected chi connectivity index (χ0v) is 15.6. The fourth-order valence-corrected chi connectivity index (χ4v) is 4.35. The quantitative estimate of drug-likeness (QED) is 0.824. The molecule has 1 saturated heterocycles. The Labute approximate surface area is 153 Å². The van der Waals surface area contributed by atoms with E-state index in [1.807, 2.05) is 6.07 Å². The molecule has 3 rings (SSSR count). The van der Waals surface area contributed by atoms with Gasteiger partial charge in [0.15, 0.2) is 0 Å². The number of hydrogen-bond acceptors (Lipinski definition) is 3. The summed E-state index contributed by atoms with van der Waals surface area (Å²) in [5.74, 6) is 0.603.